The molecule has 0 bridgehead atoms. The van der Waals surface area contributed by atoms with Crippen molar-refractivity contribution in [1.29, 1.82) is 0 Å². The largest absolute Gasteiger partial charge is 0.489 e. The minimum atomic E-state index is -0.547. The Labute approximate surface area is 188 Å². The van der Waals surface area contributed by atoms with Gasteiger partial charge in [-0.15, -0.1) is 0 Å². The highest BCUT2D eigenvalue weighted by Crippen LogP contribution is 2.34. The molecule has 0 atom stereocenters. The minimum absolute atomic E-state index is 0.0522. The van der Waals surface area contributed by atoms with E-state index in [1.165, 1.54) is 16.8 Å². The number of aromatic nitrogens is 3. The van der Waals surface area contributed by atoms with Crippen molar-refractivity contribution in [3.8, 4) is 5.75 Å². The van der Waals surface area contributed by atoms with E-state index in [1.807, 2.05) is 54.6 Å². The second-order valence-electron chi connectivity index (χ2n) is 8.02. The fourth-order valence-electron chi connectivity index (χ4n) is 3.74. The average Bonchev–Trinajstić information content (AvgIpc) is 3.67. The number of aromatic amines is 1. The molecule has 1 saturated carbocycles. The quantitative estimate of drug-likeness (QED) is 0.458. The van der Waals surface area contributed by atoms with E-state index < -0.39 is 11.2 Å². The molecule has 1 amide bonds. The Kier molecular flexibility index (Phi) is 5.48. The van der Waals surface area contributed by atoms with Crippen LogP contribution in [0.3, 0.4) is 0 Å². The van der Waals surface area contributed by atoms with Crippen LogP contribution in [0.5, 0.6) is 5.75 Å². The number of para-hydroxylation sites is 1. The standard InChI is InChI=1S/C25H22N4O4/c30-23(18-12-20-22(26-14-18)29(19-10-11-19)25(32)28-24(20)31)27-13-17-8-4-5-9-21(17)33-15-16-6-2-1-3-7-16/h1-9,12,14,19H,10-11,13,15H2,(H,27,30)(H,28,31,32). The zero-order valence-electron chi connectivity index (χ0n) is 17.8. The van der Waals surface area contributed by atoms with Gasteiger partial charge in [-0.05, 0) is 30.5 Å². The van der Waals surface area contributed by atoms with Crippen LogP contribution in [0, 0.1) is 0 Å². The van der Waals surface area contributed by atoms with Crippen molar-refractivity contribution < 1.29 is 9.53 Å². The molecule has 4 aromatic rings. The third-order valence-corrected chi connectivity index (χ3v) is 5.60. The number of amides is 1. The van der Waals surface area contributed by atoms with Crippen molar-refractivity contribution in [1.82, 2.24) is 19.9 Å². The molecule has 1 fully saturated rings. The van der Waals surface area contributed by atoms with E-state index in [9.17, 15) is 14.4 Å². The zero-order valence-corrected chi connectivity index (χ0v) is 17.8. The van der Waals surface area contributed by atoms with Gasteiger partial charge in [-0.25, -0.2) is 9.78 Å². The van der Waals surface area contributed by atoms with Gasteiger partial charge in [0, 0.05) is 24.3 Å². The molecule has 2 heterocycles. The molecule has 8 heteroatoms. The normalized spacial score (nSPS) is 13.1. The summed E-state index contributed by atoms with van der Waals surface area (Å²) >= 11 is 0. The lowest BCUT2D eigenvalue weighted by atomic mass is 10.1. The smallest absolute Gasteiger partial charge is 0.330 e. The van der Waals surface area contributed by atoms with Gasteiger partial charge in [0.05, 0.1) is 10.9 Å². The number of carbonyl (C=O) groups is 1. The van der Waals surface area contributed by atoms with Gasteiger partial charge in [-0.1, -0.05) is 48.5 Å². The number of pyridine rings is 1. The van der Waals surface area contributed by atoms with Crippen molar-refractivity contribution in [2.75, 3.05) is 0 Å². The Morgan fingerprint density at radius 3 is 2.64 bits per heavy atom. The topological polar surface area (TPSA) is 106 Å². The molecular formula is C25H22N4O4. The fraction of sp³-hybridized carbons (Fsp3) is 0.200. The number of fused-ring (bicyclic) bond motifs is 1. The van der Waals surface area contributed by atoms with Gasteiger partial charge in [0.1, 0.15) is 18.0 Å². The zero-order chi connectivity index (χ0) is 22.8. The lowest BCUT2D eigenvalue weighted by Gasteiger charge is -2.13. The molecular weight excluding hydrogens is 420 g/mol. The summed E-state index contributed by atoms with van der Waals surface area (Å²) in [7, 11) is 0. The van der Waals surface area contributed by atoms with Crippen LogP contribution in [0.25, 0.3) is 11.0 Å². The number of hydrogen-bond donors (Lipinski definition) is 2. The van der Waals surface area contributed by atoms with E-state index in [2.05, 4.69) is 15.3 Å². The summed E-state index contributed by atoms with van der Waals surface area (Å²) in [5.41, 5.74) is 1.42. The summed E-state index contributed by atoms with van der Waals surface area (Å²) in [5, 5.41) is 3.08. The molecule has 166 valence electrons. The number of nitrogens with one attached hydrogen (secondary N) is 2. The summed E-state index contributed by atoms with van der Waals surface area (Å²) in [6.07, 6.45) is 3.14. The molecule has 0 radical (unpaired) electrons. The number of hydrogen-bond acceptors (Lipinski definition) is 5. The highest BCUT2D eigenvalue weighted by atomic mass is 16.5. The predicted octanol–water partition coefficient (Wildman–Crippen LogP) is 2.93. The van der Waals surface area contributed by atoms with Crippen LogP contribution in [-0.2, 0) is 13.2 Å². The summed E-state index contributed by atoms with van der Waals surface area (Å²) in [4.78, 5) is 43.9. The van der Waals surface area contributed by atoms with Gasteiger partial charge >= 0.3 is 5.69 Å². The van der Waals surface area contributed by atoms with Gasteiger partial charge < -0.3 is 10.1 Å². The van der Waals surface area contributed by atoms with Gasteiger partial charge in [0.25, 0.3) is 11.5 Å². The van der Waals surface area contributed by atoms with Crippen LogP contribution in [0.2, 0.25) is 0 Å². The Bertz CT molecular complexity index is 1440. The van der Waals surface area contributed by atoms with Gasteiger partial charge in [0.2, 0.25) is 0 Å². The number of benzene rings is 2. The Morgan fingerprint density at radius 1 is 1.09 bits per heavy atom. The first-order chi connectivity index (χ1) is 16.1. The maximum atomic E-state index is 12.8. The van der Waals surface area contributed by atoms with Crippen LogP contribution in [-0.4, -0.2) is 20.4 Å². The van der Waals surface area contributed by atoms with Crippen molar-refractivity contribution in [2.24, 2.45) is 0 Å². The predicted molar refractivity (Wildman–Crippen MR) is 123 cm³/mol. The Balaban J connectivity index is 1.33. The molecule has 33 heavy (non-hydrogen) atoms. The van der Waals surface area contributed by atoms with Crippen molar-refractivity contribution in [3.05, 3.63) is 104 Å². The summed E-state index contributed by atoms with van der Waals surface area (Å²) in [6.45, 7) is 0.672. The Morgan fingerprint density at radius 2 is 1.85 bits per heavy atom. The lowest BCUT2D eigenvalue weighted by molar-refractivity contribution is 0.0950. The minimum Gasteiger partial charge on any atom is -0.489 e. The second kappa shape index (κ2) is 8.74. The van der Waals surface area contributed by atoms with E-state index in [0.717, 1.165) is 24.0 Å². The summed E-state index contributed by atoms with van der Waals surface area (Å²) in [5.74, 6) is 0.314. The molecule has 5 rings (SSSR count). The number of H-pyrrole nitrogens is 1. The molecule has 0 saturated heterocycles. The van der Waals surface area contributed by atoms with Gasteiger partial charge in [-0.2, -0.15) is 0 Å². The summed E-state index contributed by atoms with van der Waals surface area (Å²) < 4.78 is 7.44. The van der Waals surface area contributed by atoms with Crippen molar-refractivity contribution >= 4 is 16.9 Å². The van der Waals surface area contributed by atoms with E-state index in [4.69, 9.17) is 4.74 Å². The monoisotopic (exact) mass is 442 g/mol. The highest BCUT2D eigenvalue weighted by molar-refractivity contribution is 5.96. The number of ether oxygens (including phenoxy) is 1. The SMILES string of the molecule is O=C(NCc1ccccc1OCc1ccccc1)c1cnc2c(c1)c(=O)[nH]c(=O)n2C1CC1. The highest BCUT2D eigenvalue weighted by Gasteiger charge is 2.27. The van der Waals surface area contributed by atoms with Crippen LogP contribution in [0.1, 0.15) is 40.4 Å². The first-order valence-electron chi connectivity index (χ1n) is 10.8. The van der Waals surface area contributed by atoms with E-state index in [1.54, 1.807) is 0 Å². The second-order valence-corrected chi connectivity index (χ2v) is 8.02. The van der Waals surface area contributed by atoms with Crippen molar-refractivity contribution in [2.45, 2.75) is 32.0 Å². The van der Waals surface area contributed by atoms with Crippen molar-refractivity contribution in [3.63, 3.8) is 0 Å². The van der Waals surface area contributed by atoms with E-state index >= 15 is 0 Å². The third-order valence-electron chi connectivity index (χ3n) is 5.60. The summed E-state index contributed by atoms with van der Waals surface area (Å²) in [6, 6.07) is 18.9. The van der Waals surface area contributed by atoms with Crippen LogP contribution in [0.15, 0.2) is 76.4 Å². The number of nitrogens with zero attached hydrogens (tertiary/aromatic N) is 2. The van der Waals surface area contributed by atoms with Crippen LogP contribution < -0.4 is 21.3 Å². The molecule has 1 aliphatic rings. The molecule has 0 unspecified atom stereocenters. The molecule has 1 aliphatic carbocycles. The molecule has 0 spiro atoms. The molecule has 2 N–H and O–H groups in total. The third kappa shape index (κ3) is 4.41. The molecule has 8 nitrogen and oxygen atoms in total. The first-order valence-corrected chi connectivity index (χ1v) is 10.8. The number of rotatable bonds is 7. The maximum Gasteiger partial charge on any atom is 0.330 e. The first kappa shape index (κ1) is 20.7. The van der Waals surface area contributed by atoms with Crippen LogP contribution >= 0.6 is 0 Å². The lowest BCUT2D eigenvalue weighted by Crippen LogP contribution is -2.31. The molecule has 0 aliphatic heterocycles. The fourth-order valence-corrected chi connectivity index (χ4v) is 3.74. The van der Waals surface area contributed by atoms with Gasteiger partial charge in [-0.3, -0.25) is 19.1 Å². The molecule has 2 aromatic heterocycles. The average molecular weight is 442 g/mol. The van der Waals surface area contributed by atoms with Gasteiger partial charge in [0.15, 0.2) is 0 Å². The molecule has 2 aromatic carbocycles. The van der Waals surface area contributed by atoms with E-state index in [-0.39, 0.29) is 29.4 Å². The van der Waals surface area contributed by atoms with Crippen LogP contribution in [0.4, 0.5) is 0 Å². The number of carbonyl (C=O) groups excluding carboxylic acids is 1. The Hall–Kier alpha value is -4.20. The van der Waals surface area contributed by atoms with E-state index in [0.29, 0.717) is 18.0 Å². The maximum absolute atomic E-state index is 12.8.